The summed E-state index contributed by atoms with van der Waals surface area (Å²) in [6.45, 7) is 7.89. The van der Waals surface area contributed by atoms with E-state index in [2.05, 4.69) is 23.7 Å². The summed E-state index contributed by atoms with van der Waals surface area (Å²) in [6, 6.07) is 3.61. The van der Waals surface area contributed by atoms with E-state index in [0.29, 0.717) is 17.5 Å². The Morgan fingerprint density at radius 1 is 1.41 bits per heavy atom. The highest BCUT2D eigenvalue weighted by Crippen LogP contribution is 2.07. The summed E-state index contributed by atoms with van der Waals surface area (Å²) in [5.74, 6) is 0.608. The molecule has 0 fully saturated rings. The van der Waals surface area contributed by atoms with Gasteiger partial charge in [-0.2, -0.15) is 0 Å². The highest BCUT2D eigenvalue weighted by atomic mass is 32.1. The molecule has 0 bridgehead atoms. The van der Waals surface area contributed by atoms with E-state index in [0.717, 1.165) is 25.2 Å². The van der Waals surface area contributed by atoms with E-state index < -0.39 is 0 Å². The molecule has 0 amide bonds. The van der Waals surface area contributed by atoms with E-state index in [4.69, 9.17) is 22.7 Å². The third-order valence-electron chi connectivity index (χ3n) is 2.57. The summed E-state index contributed by atoms with van der Waals surface area (Å²) < 4.78 is 5.54. The summed E-state index contributed by atoms with van der Waals surface area (Å²) >= 11 is 4.85. The number of nitrogens with zero attached hydrogens (tertiary/aromatic N) is 2. The SMILES string of the molecule is CCN(CC)CCOc1ccc(C(N)=S)cn1. The standard InChI is InChI=1S/C12H19N3OS/c1-3-15(4-2)7-8-16-11-6-5-10(9-14-11)12(13)17/h5-6,9H,3-4,7-8H2,1-2H3,(H2,13,17). The molecule has 0 saturated carbocycles. The molecule has 0 saturated heterocycles. The van der Waals surface area contributed by atoms with Crippen LogP contribution in [-0.4, -0.2) is 41.1 Å². The summed E-state index contributed by atoms with van der Waals surface area (Å²) in [5.41, 5.74) is 6.24. The van der Waals surface area contributed by atoms with Crippen LogP contribution in [0, 0.1) is 0 Å². The van der Waals surface area contributed by atoms with Crippen molar-refractivity contribution < 1.29 is 4.74 Å². The van der Waals surface area contributed by atoms with Crippen molar-refractivity contribution in [1.82, 2.24) is 9.88 Å². The second-order valence-corrected chi connectivity index (χ2v) is 4.06. The molecule has 1 aromatic rings. The quantitative estimate of drug-likeness (QED) is 0.745. The first-order valence-electron chi connectivity index (χ1n) is 5.78. The zero-order valence-electron chi connectivity index (χ0n) is 10.3. The van der Waals surface area contributed by atoms with Crippen molar-refractivity contribution in [2.75, 3.05) is 26.2 Å². The Hall–Kier alpha value is -1.20. The molecule has 5 heteroatoms. The lowest BCUT2D eigenvalue weighted by molar-refractivity contribution is 0.218. The van der Waals surface area contributed by atoms with Crippen LogP contribution in [0.15, 0.2) is 18.3 Å². The van der Waals surface area contributed by atoms with E-state index in [-0.39, 0.29) is 0 Å². The average Bonchev–Trinajstić information content (AvgIpc) is 2.35. The van der Waals surface area contributed by atoms with Gasteiger partial charge in [0.05, 0.1) is 0 Å². The van der Waals surface area contributed by atoms with Crippen LogP contribution in [-0.2, 0) is 0 Å². The van der Waals surface area contributed by atoms with Crippen LogP contribution < -0.4 is 10.5 Å². The molecule has 17 heavy (non-hydrogen) atoms. The maximum absolute atomic E-state index is 5.54. The number of hydrogen-bond donors (Lipinski definition) is 1. The van der Waals surface area contributed by atoms with Crippen molar-refractivity contribution in [1.29, 1.82) is 0 Å². The summed E-state index contributed by atoms with van der Waals surface area (Å²) in [4.78, 5) is 6.79. The van der Waals surface area contributed by atoms with Crippen LogP contribution in [0.3, 0.4) is 0 Å². The summed E-state index contributed by atoms with van der Waals surface area (Å²) in [7, 11) is 0. The van der Waals surface area contributed by atoms with Gasteiger partial charge in [0.25, 0.3) is 0 Å². The van der Waals surface area contributed by atoms with Crippen LogP contribution in [0.1, 0.15) is 19.4 Å². The lowest BCUT2D eigenvalue weighted by Gasteiger charge is -2.17. The van der Waals surface area contributed by atoms with E-state index in [1.165, 1.54) is 0 Å². The number of nitrogens with two attached hydrogens (primary N) is 1. The van der Waals surface area contributed by atoms with Crippen molar-refractivity contribution in [3.63, 3.8) is 0 Å². The maximum atomic E-state index is 5.54. The van der Waals surface area contributed by atoms with E-state index in [1.807, 2.05) is 6.07 Å². The van der Waals surface area contributed by atoms with Crippen LogP contribution in [0.4, 0.5) is 0 Å². The Morgan fingerprint density at radius 2 is 2.12 bits per heavy atom. The molecule has 0 unspecified atom stereocenters. The third kappa shape index (κ3) is 4.66. The van der Waals surface area contributed by atoms with Gasteiger partial charge in [0.1, 0.15) is 11.6 Å². The van der Waals surface area contributed by atoms with Crippen LogP contribution in [0.25, 0.3) is 0 Å². The second kappa shape index (κ2) is 7.19. The Kier molecular flexibility index (Phi) is 5.86. The minimum absolute atomic E-state index is 0.354. The molecular formula is C12H19N3OS. The van der Waals surface area contributed by atoms with Gasteiger partial charge in [-0.1, -0.05) is 26.1 Å². The maximum Gasteiger partial charge on any atom is 0.213 e. The fraction of sp³-hybridized carbons (Fsp3) is 0.500. The normalized spacial score (nSPS) is 10.5. The highest BCUT2D eigenvalue weighted by Gasteiger charge is 2.01. The number of ether oxygens (including phenoxy) is 1. The Bertz CT molecular complexity index is 349. The Balaban J connectivity index is 2.39. The molecule has 0 aromatic carbocycles. The Morgan fingerprint density at radius 3 is 2.59 bits per heavy atom. The number of hydrogen-bond acceptors (Lipinski definition) is 4. The van der Waals surface area contributed by atoms with Crippen molar-refractivity contribution in [3.8, 4) is 5.88 Å². The topological polar surface area (TPSA) is 51.4 Å². The fourth-order valence-electron chi connectivity index (χ4n) is 1.43. The fourth-order valence-corrected chi connectivity index (χ4v) is 1.55. The molecule has 4 nitrogen and oxygen atoms in total. The van der Waals surface area contributed by atoms with E-state index in [1.54, 1.807) is 12.3 Å². The van der Waals surface area contributed by atoms with Gasteiger partial charge in [-0.25, -0.2) is 4.98 Å². The summed E-state index contributed by atoms with van der Waals surface area (Å²) in [6.07, 6.45) is 1.63. The number of aromatic nitrogens is 1. The molecule has 1 aromatic heterocycles. The van der Waals surface area contributed by atoms with Crippen LogP contribution >= 0.6 is 12.2 Å². The zero-order valence-corrected chi connectivity index (χ0v) is 11.2. The monoisotopic (exact) mass is 253 g/mol. The summed E-state index contributed by atoms with van der Waals surface area (Å²) in [5, 5.41) is 0. The molecule has 0 radical (unpaired) electrons. The molecule has 0 aliphatic carbocycles. The van der Waals surface area contributed by atoms with Crippen LogP contribution in [0.5, 0.6) is 5.88 Å². The minimum Gasteiger partial charge on any atom is -0.476 e. The second-order valence-electron chi connectivity index (χ2n) is 3.62. The molecule has 1 heterocycles. The highest BCUT2D eigenvalue weighted by molar-refractivity contribution is 7.80. The molecule has 0 spiro atoms. The van der Waals surface area contributed by atoms with Crippen molar-refractivity contribution >= 4 is 17.2 Å². The van der Waals surface area contributed by atoms with Gasteiger partial charge in [0, 0.05) is 24.4 Å². The van der Waals surface area contributed by atoms with Gasteiger partial charge in [-0.05, 0) is 19.2 Å². The van der Waals surface area contributed by atoms with Crippen LogP contribution in [0.2, 0.25) is 0 Å². The first-order chi connectivity index (χ1) is 8.17. The Labute approximate surface area is 108 Å². The molecular weight excluding hydrogens is 234 g/mol. The molecule has 94 valence electrons. The lowest BCUT2D eigenvalue weighted by Crippen LogP contribution is -2.28. The molecule has 0 aliphatic heterocycles. The third-order valence-corrected chi connectivity index (χ3v) is 2.81. The molecule has 1 rings (SSSR count). The smallest absolute Gasteiger partial charge is 0.213 e. The average molecular weight is 253 g/mol. The van der Waals surface area contributed by atoms with E-state index >= 15 is 0 Å². The van der Waals surface area contributed by atoms with Gasteiger partial charge in [-0.3, -0.25) is 0 Å². The first-order valence-corrected chi connectivity index (χ1v) is 6.19. The molecule has 2 N–H and O–H groups in total. The zero-order chi connectivity index (χ0) is 12.7. The van der Waals surface area contributed by atoms with Gasteiger partial charge >= 0.3 is 0 Å². The molecule has 0 atom stereocenters. The van der Waals surface area contributed by atoms with Gasteiger partial charge in [0.15, 0.2) is 0 Å². The number of pyridine rings is 1. The van der Waals surface area contributed by atoms with Crippen molar-refractivity contribution in [2.24, 2.45) is 5.73 Å². The minimum atomic E-state index is 0.354. The van der Waals surface area contributed by atoms with Gasteiger partial charge in [0.2, 0.25) is 5.88 Å². The van der Waals surface area contributed by atoms with Crippen molar-refractivity contribution in [2.45, 2.75) is 13.8 Å². The van der Waals surface area contributed by atoms with Crippen molar-refractivity contribution in [3.05, 3.63) is 23.9 Å². The predicted molar refractivity (Wildman–Crippen MR) is 73.4 cm³/mol. The number of rotatable bonds is 7. The van der Waals surface area contributed by atoms with Gasteiger partial charge < -0.3 is 15.4 Å². The lowest BCUT2D eigenvalue weighted by atomic mass is 10.3. The number of likely N-dealkylation sites (N-methyl/N-ethyl adjacent to an activating group) is 1. The first kappa shape index (κ1) is 13.9. The van der Waals surface area contributed by atoms with Gasteiger partial charge in [-0.15, -0.1) is 0 Å². The molecule has 0 aliphatic rings. The largest absolute Gasteiger partial charge is 0.476 e. The number of thiocarbonyl (C=S) groups is 1. The predicted octanol–water partition coefficient (Wildman–Crippen LogP) is 1.44. The van der Waals surface area contributed by atoms with E-state index in [9.17, 15) is 0 Å².